The van der Waals surface area contributed by atoms with Crippen LogP contribution in [-0.2, 0) is 10.5 Å². The molecular weight excluding hydrogens is 543 g/mol. The lowest BCUT2D eigenvalue weighted by Gasteiger charge is -2.23. The van der Waals surface area contributed by atoms with E-state index in [1.165, 1.54) is 22.7 Å². The van der Waals surface area contributed by atoms with Gasteiger partial charge >= 0.3 is 0 Å². The van der Waals surface area contributed by atoms with Crippen molar-refractivity contribution in [2.24, 2.45) is 0 Å². The lowest BCUT2D eigenvalue weighted by molar-refractivity contribution is -0.117. The predicted octanol–water partition coefficient (Wildman–Crippen LogP) is 6.22. The number of carbonyl (C=O) groups excluding carboxylic acids is 2. The maximum Gasteiger partial charge on any atom is 0.296 e. The number of pyridine rings is 1. The number of halogens is 2. The maximum atomic E-state index is 13.3. The monoisotopic (exact) mass is 558 g/mol. The molecule has 182 valence electrons. The van der Waals surface area contributed by atoms with Crippen molar-refractivity contribution in [2.75, 3.05) is 4.90 Å². The van der Waals surface area contributed by atoms with Crippen LogP contribution in [0.2, 0.25) is 10.0 Å². The highest BCUT2D eigenvalue weighted by Crippen LogP contribution is 2.44. The van der Waals surface area contributed by atoms with E-state index >= 15 is 0 Å². The van der Waals surface area contributed by atoms with Gasteiger partial charge in [0.25, 0.3) is 5.91 Å². The molecule has 12 heteroatoms. The molecule has 1 N–H and O–H groups in total. The maximum absolute atomic E-state index is 13.3. The van der Waals surface area contributed by atoms with Gasteiger partial charge < -0.3 is 9.52 Å². The molecule has 0 saturated carbocycles. The number of benzene rings is 1. The van der Waals surface area contributed by atoms with Crippen molar-refractivity contribution >= 4 is 63.1 Å². The molecule has 0 aliphatic carbocycles. The topological polar surface area (TPSA) is 109 Å². The van der Waals surface area contributed by atoms with Gasteiger partial charge in [0.1, 0.15) is 5.76 Å². The van der Waals surface area contributed by atoms with Crippen LogP contribution in [0.4, 0.5) is 5.13 Å². The second-order valence-electron chi connectivity index (χ2n) is 7.73. The van der Waals surface area contributed by atoms with Crippen molar-refractivity contribution < 1.29 is 19.1 Å². The minimum absolute atomic E-state index is 0.0242. The molecule has 1 aliphatic rings. The fourth-order valence-corrected chi connectivity index (χ4v) is 6.15. The molecule has 8 nitrogen and oxygen atoms in total. The summed E-state index contributed by atoms with van der Waals surface area (Å²) in [5, 5.41) is 20.5. The second kappa shape index (κ2) is 10.1. The summed E-state index contributed by atoms with van der Waals surface area (Å²) in [5.74, 6) is -0.931. The number of nitrogens with zero attached hydrogens (tertiary/aromatic N) is 4. The Morgan fingerprint density at radius 3 is 2.64 bits per heavy atom. The molecule has 5 rings (SSSR count). The third-order valence-electron chi connectivity index (χ3n) is 5.41. The van der Waals surface area contributed by atoms with Crippen molar-refractivity contribution in [1.82, 2.24) is 15.2 Å². The van der Waals surface area contributed by atoms with Crippen LogP contribution in [0.3, 0.4) is 0 Å². The van der Waals surface area contributed by atoms with E-state index in [2.05, 4.69) is 15.2 Å². The van der Waals surface area contributed by atoms with Gasteiger partial charge in [0, 0.05) is 28.2 Å². The van der Waals surface area contributed by atoms with E-state index in [0.717, 1.165) is 16.9 Å². The SMILES string of the molecule is Cc1ccc(C(=O)C2=C(O)C(=O)N(c3nnc(SCc4ccc(Cl)cc4Cl)s3)C2c2ccncc2)o1. The molecule has 1 amide bonds. The molecule has 4 aromatic rings. The summed E-state index contributed by atoms with van der Waals surface area (Å²) >= 11 is 14.8. The summed E-state index contributed by atoms with van der Waals surface area (Å²) in [6.45, 7) is 1.70. The summed E-state index contributed by atoms with van der Waals surface area (Å²) in [6, 6.07) is 10.8. The van der Waals surface area contributed by atoms with Crippen molar-refractivity contribution in [3.8, 4) is 0 Å². The Morgan fingerprint density at radius 1 is 1.17 bits per heavy atom. The first-order chi connectivity index (χ1) is 17.3. The third-order valence-corrected chi connectivity index (χ3v) is 8.10. The smallest absolute Gasteiger partial charge is 0.296 e. The lowest BCUT2D eigenvalue weighted by Crippen LogP contribution is -2.31. The first-order valence-corrected chi connectivity index (χ1v) is 13.1. The minimum atomic E-state index is -0.935. The molecule has 0 bridgehead atoms. The summed E-state index contributed by atoms with van der Waals surface area (Å²) in [5.41, 5.74) is 1.35. The normalized spacial score (nSPS) is 15.7. The first kappa shape index (κ1) is 24.5. The molecule has 4 heterocycles. The number of aryl methyl sites for hydroxylation is 1. The average molecular weight is 559 g/mol. The largest absolute Gasteiger partial charge is 0.503 e. The Hall–Kier alpha value is -3.18. The number of aliphatic hydroxyl groups is 1. The Morgan fingerprint density at radius 2 is 1.94 bits per heavy atom. The highest BCUT2D eigenvalue weighted by molar-refractivity contribution is 8.00. The van der Waals surface area contributed by atoms with Crippen molar-refractivity contribution in [1.29, 1.82) is 0 Å². The Balaban J connectivity index is 1.47. The zero-order chi connectivity index (χ0) is 25.4. The molecule has 3 aromatic heterocycles. The number of Topliss-reactive ketones (excluding diaryl/α,β-unsaturated/α-hetero) is 1. The molecule has 1 unspecified atom stereocenters. The lowest BCUT2D eigenvalue weighted by atomic mass is 9.96. The summed E-state index contributed by atoms with van der Waals surface area (Å²) < 4.78 is 6.06. The van der Waals surface area contributed by atoms with E-state index in [0.29, 0.717) is 31.5 Å². The fourth-order valence-electron chi connectivity index (χ4n) is 3.72. The Labute approximate surface area is 223 Å². The third kappa shape index (κ3) is 4.64. The fraction of sp³-hybridized carbons (Fsp3) is 0.125. The number of aliphatic hydroxyl groups excluding tert-OH is 1. The van der Waals surface area contributed by atoms with Crippen LogP contribution in [0.1, 0.15) is 33.5 Å². The van der Waals surface area contributed by atoms with Crippen LogP contribution >= 0.6 is 46.3 Å². The number of thioether (sulfide) groups is 1. The predicted molar refractivity (Wildman–Crippen MR) is 138 cm³/mol. The average Bonchev–Trinajstić information content (AvgIpc) is 3.57. The van der Waals surface area contributed by atoms with Gasteiger partial charge in [-0.1, -0.05) is 52.4 Å². The highest BCUT2D eigenvalue weighted by atomic mass is 35.5. The molecular formula is C24H16Cl2N4O4S2. The zero-order valence-electron chi connectivity index (χ0n) is 18.5. The van der Waals surface area contributed by atoms with Crippen molar-refractivity contribution in [2.45, 2.75) is 23.1 Å². The van der Waals surface area contributed by atoms with Gasteiger partial charge in [-0.05, 0) is 54.4 Å². The first-order valence-electron chi connectivity index (χ1n) is 10.5. The van der Waals surface area contributed by atoms with E-state index < -0.39 is 23.5 Å². The van der Waals surface area contributed by atoms with Gasteiger partial charge in [0.05, 0.1) is 11.6 Å². The molecule has 1 aromatic carbocycles. The van der Waals surface area contributed by atoms with Crippen LogP contribution in [0.15, 0.2) is 74.9 Å². The molecule has 1 aliphatic heterocycles. The number of carbonyl (C=O) groups is 2. The second-order valence-corrected chi connectivity index (χ2v) is 10.8. The molecule has 0 fully saturated rings. The van der Waals surface area contributed by atoms with Crippen molar-refractivity contribution in [3.63, 3.8) is 0 Å². The number of rotatable bonds is 7. The van der Waals surface area contributed by atoms with Crippen molar-refractivity contribution in [3.05, 3.63) is 98.9 Å². The van der Waals surface area contributed by atoms with Crippen LogP contribution < -0.4 is 4.90 Å². The number of anilines is 1. The number of aromatic nitrogens is 3. The molecule has 0 saturated heterocycles. The van der Waals surface area contributed by atoms with Crippen LogP contribution in [0.25, 0.3) is 0 Å². The number of hydrogen-bond acceptors (Lipinski definition) is 9. The molecule has 0 radical (unpaired) electrons. The highest BCUT2D eigenvalue weighted by Gasteiger charge is 2.46. The number of ketones is 1. The van der Waals surface area contributed by atoms with Gasteiger partial charge in [-0.15, -0.1) is 10.2 Å². The van der Waals surface area contributed by atoms with E-state index in [1.807, 2.05) is 6.07 Å². The number of hydrogen-bond donors (Lipinski definition) is 1. The van der Waals surface area contributed by atoms with E-state index in [1.54, 1.807) is 49.6 Å². The van der Waals surface area contributed by atoms with Gasteiger partial charge in [-0.3, -0.25) is 19.5 Å². The quantitative estimate of drug-likeness (QED) is 0.162. The number of furan rings is 1. The van der Waals surface area contributed by atoms with Gasteiger partial charge in [0.2, 0.25) is 10.9 Å². The summed E-state index contributed by atoms with van der Waals surface area (Å²) in [4.78, 5) is 31.8. The summed E-state index contributed by atoms with van der Waals surface area (Å²) in [6.07, 6.45) is 3.09. The Kier molecular flexibility index (Phi) is 6.85. The van der Waals surface area contributed by atoms with Crippen LogP contribution in [0, 0.1) is 6.92 Å². The van der Waals surface area contributed by atoms with E-state index in [4.69, 9.17) is 27.6 Å². The molecule has 1 atom stereocenters. The summed E-state index contributed by atoms with van der Waals surface area (Å²) in [7, 11) is 0. The van der Waals surface area contributed by atoms with Crippen LogP contribution in [-0.4, -0.2) is 32.0 Å². The number of amides is 1. The van der Waals surface area contributed by atoms with Gasteiger partial charge in [-0.2, -0.15) is 0 Å². The standard InChI is InChI=1S/C24H16Cl2N4O4S2/c1-12-2-5-17(34-12)20(31)18-19(13-6-8-27-9-7-13)30(22(33)21(18)32)23-28-29-24(36-23)35-11-14-3-4-15(25)10-16(14)26/h2-10,19,32H,11H2,1H3. The van der Waals surface area contributed by atoms with E-state index in [9.17, 15) is 14.7 Å². The minimum Gasteiger partial charge on any atom is -0.503 e. The molecule has 0 spiro atoms. The van der Waals surface area contributed by atoms with Gasteiger partial charge in [-0.25, -0.2) is 0 Å². The zero-order valence-corrected chi connectivity index (χ0v) is 21.7. The van der Waals surface area contributed by atoms with Gasteiger partial charge in [0.15, 0.2) is 15.9 Å². The van der Waals surface area contributed by atoms with E-state index in [-0.39, 0.29) is 16.5 Å². The Bertz CT molecular complexity index is 1500. The molecule has 36 heavy (non-hydrogen) atoms. The van der Waals surface area contributed by atoms with Crippen LogP contribution in [0.5, 0.6) is 0 Å².